The first-order chi connectivity index (χ1) is 25.3. The highest BCUT2D eigenvalue weighted by Crippen LogP contribution is 2.55. The minimum Gasteiger partial charge on any atom is -0.0887 e. The fourth-order valence-corrected chi connectivity index (χ4v) is 9.62. The maximum Gasteiger partial charge on any atom is 0.0207 e. The van der Waals surface area contributed by atoms with Gasteiger partial charge in [-0.1, -0.05) is 163 Å². The van der Waals surface area contributed by atoms with Crippen molar-refractivity contribution < 1.29 is 0 Å². The van der Waals surface area contributed by atoms with E-state index in [1.807, 2.05) is 11.8 Å². The predicted molar refractivity (Wildman–Crippen MR) is 220 cm³/mol. The molecule has 1 heterocycles. The van der Waals surface area contributed by atoms with Crippen molar-refractivity contribution in [2.24, 2.45) is 0 Å². The second kappa shape index (κ2) is 11.2. The van der Waals surface area contributed by atoms with Crippen molar-refractivity contribution in [3.63, 3.8) is 0 Å². The number of fused-ring (bicyclic) bond motifs is 8. The first kappa shape index (κ1) is 28.7. The molecule has 10 aromatic carbocycles. The van der Waals surface area contributed by atoms with Gasteiger partial charge in [-0.3, -0.25) is 0 Å². The Kier molecular flexibility index (Phi) is 6.29. The maximum absolute atomic E-state index is 2.44. The lowest BCUT2D eigenvalue weighted by atomic mass is 9.83. The van der Waals surface area contributed by atoms with Gasteiger partial charge in [-0.05, 0) is 118 Å². The number of benzene rings is 10. The molecule has 0 unspecified atom stereocenters. The van der Waals surface area contributed by atoms with Crippen molar-refractivity contribution in [3.8, 4) is 44.5 Å². The van der Waals surface area contributed by atoms with E-state index in [1.54, 1.807) is 0 Å². The Hall–Kier alpha value is -6.15. The van der Waals surface area contributed by atoms with Crippen molar-refractivity contribution in [1.82, 2.24) is 0 Å². The van der Waals surface area contributed by atoms with Gasteiger partial charge in [-0.2, -0.15) is 0 Å². The second-order valence-electron chi connectivity index (χ2n) is 13.6. The molecule has 0 spiro atoms. The molecule has 0 saturated carbocycles. The van der Waals surface area contributed by atoms with E-state index in [0.717, 1.165) is 0 Å². The molecule has 0 saturated heterocycles. The molecule has 0 fully saturated rings. The van der Waals surface area contributed by atoms with Crippen molar-refractivity contribution in [2.75, 3.05) is 0 Å². The third-order valence-corrected chi connectivity index (χ3v) is 11.9. The Morgan fingerprint density at radius 1 is 0.275 bits per heavy atom. The van der Waals surface area contributed by atoms with Gasteiger partial charge in [0.25, 0.3) is 0 Å². The molecular weight excluding hydrogens is 633 g/mol. The lowest BCUT2D eigenvalue weighted by Gasteiger charge is -2.26. The highest BCUT2D eigenvalue weighted by molar-refractivity contribution is 7.99. The maximum atomic E-state index is 2.44. The zero-order valence-electron chi connectivity index (χ0n) is 27.7. The Morgan fingerprint density at radius 3 is 1.86 bits per heavy atom. The molecule has 51 heavy (non-hydrogen) atoms. The molecule has 1 aliphatic rings. The summed E-state index contributed by atoms with van der Waals surface area (Å²) in [5, 5.41) is 12.9. The standard InChI is InChI=1S/C50H30S/c1-2-11-31(12-3-1)34-23-25-42-45(28-34)41-19-10-20-46-49(41)50(48(42)37-22-21-32-13-4-5-14-33(32)27-37)43-26-24-36(30-47(43)51-46)44-29-35-15-6-7-16-38(35)39-17-8-9-18-40(39)44/h1-30H. The molecule has 0 aromatic heterocycles. The molecule has 0 aliphatic carbocycles. The van der Waals surface area contributed by atoms with Crippen LogP contribution in [0.15, 0.2) is 192 Å². The second-order valence-corrected chi connectivity index (χ2v) is 14.7. The van der Waals surface area contributed by atoms with Gasteiger partial charge >= 0.3 is 0 Å². The van der Waals surface area contributed by atoms with E-state index in [4.69, 9.17) is 0 Å². The van der Waals surface area contributed by atoms with E-state index >= 15 is 0 Å². The van der Waals surface area contributed by atoms with Crippen molar-refractivity contribution >= 4 is 65.6 Å². The Balaban J connectivity index is 1.21. The third kappa shape index (κ3) is 4.42. The average Bonchev–Trinajstić information content (AvgIpc) is 3.20. The van der Waals surface area contributed by atoms with Gasteiger partial charge < -0.3 is 0 Å². The van der Waals surface area contributed by atoms with Gasteiger partial charge in [0.15, 0.2) is 0 Å². The molecule has 1 aliphatic heterocycles. The van der Waals surface area contributed by atoms with Gasteiger partial charge in [-0.25, -0.2) is 0 Å². The number of hydrogen-bond donors (Lipinski definition) is 0. The van der Waals surface area contributed by atoms with Gasteiger partial charge in [-0.15, -0.1) is 0 Å². The van der Waals surface area contributed by atoms with Gasteiger partial charge in [0.05, 0.1) is 0 Å². The summed E-state index contributed by atoms with van der Waals surface area (Å²) in [5.41, 5.74) is 10.2. The van der Waals surface area contributed by atoms with E-state index in [1.165, 1.54) is 108 Å². The topological polar surface area (TPSA) is 0 Å². The summed E-state index contributed by atoms with van der Waals surface area (Å²) in [6, 6.07) is 67.6. The van der Waals surface area contributed by atoms with Crippen LogP contribution in [-0.4, -0.2) is 0 Å². The summed E-state index contributed by atoms with van der Waals surface area (Å²) in [5.74, 6) is 0. The van der Waals surface area contributed by atoms with Crippen LogP contribution in [0.25, 0.3) is 98.4 Å². The van der Waals surface area contributed by atoms with Crippen LogP contribution >= 0.6 is 11.8 Å². The summed E-state index contributed by atoms with van der Waals surface area (Å²) in [6.45, 7) is 0. The fourth-order valence-electron chi connectivity index (χ4n) is 8.46. The van der Waals surface area contributed by atoms with E-state index in [2.05, 4.69) is 182 Å². The van der Waals surface area contributed by atoms with Crippen LogP contribution in [0, 0.1) is 0 Å². The molecule has 11 rings (SSSR count). The van der Waals surface area contributed by atoms with Crippen LogP contribution in [0.4, 0.5) is 0 Å². The third-order valence-electron chi connectivity index (χ3n) is 10.8. The largest absolute Gasteiger partial charge is 0.0887 e. The number of hydrogen-bond acceptors (Lipinski definition) is 1. The molecule has 0 nitrogen and oxygen atoms in total. The Labute approximate surface area is 300 Å². The SMILES string of the molecule is c1ccc(-c2ccc3c(-c4ccc5ccccc5c4)c4c5c(cccc5c3c2)Sc2cc(-c3cc5ccccc5c5ccccc35)ccc2-4)cc1. The first-order valence-electron chi connectivity index (χ1n) is 17.6. The lowest BCUT2D eigenvalue weighted by Crippen LogP contribution is -1.98. The molecule has 0 bridgehead atoms. The molecular formula is C50H30S. The Morgan fingerprint density at radius 2 is 0.980 bits per heavy atom. The van der Waals surface area contributed by atoms with Crippen LogP contribution in [0.2, 0.25) is 0 Å². The summed E-state index contributed by atoms with van der Waals surface area (Å²) in [7, 11) is 0. The van der Waals surface area contributed by atoms with E-state index < -0.39 is 0 Å². The van der Waals surface area contributed by atoms with E-state index in [9.17, 15) is 0 Å². The highest BCUT2D eigenvalue weighted by Gasteiger charge is 2.26. The van der Waals surface area contributed by atoms with Gasteiger partial charge in [0, 0.05) is 20.7 Å². The normalized spacial score (nSPS) is 12.2. The van der Waals surface area contributed by atoms with Crippen molar-refractivity contribution in [2.45, 2.75) is 9.79 Å². The molecule has 10 aromatic rings. The van der Waals surface area contributed by atoms with Crippen LogP contribution < -0.4 is 0 Å². The quantitative estimate of drug-likeness (QED) is 0.170. The number of rotatable bonds is 3. The van der Waals surface area contributed by atoms with Gasteiger partial charge in [0.1, 0.15) is 0 Å². The molecule has 0 radical (unpaired) electrons. The zero-order chi connectivity index (χ0) is 33.5. The van der Waals surface area contributed by atoms with Crippen LogP contribution in [0.5, 0.6) is 0 Å². The highest BCUT2D eigenvalue weighted by atomic mass is 32.2. The summed E-state index contributed by atoms with van der Waals surface area (Å²) < 4.78 is 0. The Bertz CT molecular complexity index is 3040. The van der Waals surface area contributed by atoms with E-state index in [-0.39, 0.29) is 0 Å². The van der Waals surface area contributed by atoms with Gasteiger partial charge in [0.2, 0.25) is 0 Å². The van der Waals surface area contributed by atoms with Crippen LogP contribution in [0.3, 0.4) is 0 Å². The molecule has 236 valence electrons. The summed E-state index contributed by atoms with van der Waals surface area (Å²) in [6.07, 6.45) is 0. The first-order valence-corrected chi connectivity index (χ1v) is 18.4. The monoisotopic (exact) mass is 662 g/mol. The lowest BCUT2D eigenvalue weighted by molar-refractivity contribution is 1.40. The van der Waals surface area contributed by atoms with Crippen LogP contribution in [0.1, 0.15) is 0 Å². The minimum absolute atomic E-state index is 1.24. The minimum atomic E-state index is 1.24. The van der Waals surface area contributed by atoms with Crippen molar-refractivity contribution in [3.05, 3.63) is 182 Å². The molecule has 0 atom stereocenters. The molecule has 1 heteroatoms. The fraction of sp³-hybridized carbons (Fsp3) is 0. The van der Waals surface area contributed by atoms with Crippen LogP contribution in [-0.2, 0) is 0 Å². The van der Waals surface area contributed by atoms with Crippen molar-refractivity contribution in [1.29, 1.82) is 0 Å². The summed E-state index contributed by atoms with van der Waals surface area (Å²) >= 11 is 1.91. The summed E-state index contributed by atoms with van der Waals surface area (Å²) in [4.78, 5) is 2.61. The molecule has 0 amide bonds. The average molecular weight is 663 g/mol. The van der Waals surface area contributed by atoms with E-state index in [0.29, 0.717) is 0 Å². The zero-order valence-corrected chi connectivity index (χ0v) is 28.5. The predicted octanol–water partition coefficient (Wildman–Crippen LogP) is 14.6. The molecule has 0 N–H and O–H groups in total. The smallest absolute Gasteiger partial charge is 0.0207 e.